The summed E-state index contributed by atoms with van der Waals surface area (Å²) in [6.07, 6.45) is 4.20. The molecule has 5 rings (SSSR count). The number of dihydropyridines is 1. The summed E-state index contributed by atoms with van der Waals surface area (Å²) in [6, 6.07) is 16.5. The Kier molecular flexibility index (Phi) is 11.8. The number of aryl methyl sites for hydroxylation is 1. The number of carbonyl (C=O) groups excluding carboxylic acids is 3. The van der Waals surface area contributed by atoms with Crippen molar-refractivity contribution in [2.45, 2.75) is 31.7 Å². The van der Waals surface area contributed by atoms with Crippen molar-refractivity contribution in [1.29, 1.82) is 0 Å². The molecule has 3 heterocycles. The smallest absolute Gasteiger partial charge is 0.336 e. The van der Waals surface area contributed by atoms with Crippen LogP contribution in [0.4, 0.5) is 0 Å². The van der Waals surface area contributed by atoms with Crippen molar-refractivity contribution < 1.29 is 28.6 Å². The standard InChI is InChI=1S/C36H38Cl2N4O6/c1-46-29-10-5-4-7-24(29)11-12-27-32(35(44)47-2)34(31-25(37)8-6-9-26(31)38)33(36(45)48-3)28(40-27)21-30(43)42-19-17-41(18-20-42)22-23-13-15-39-16-14-23/h4-10,13-16,34,40H,11-12,17-22H2,1-3H3. The lowest BCUT2D eigenvalue weighted by Gasteiger charge is -2.36. The van der Waals surface area contributed by atoms with Crippen molar-refractivity contribution in [2.75, 3.05) is 47.5 Å². The van der Waals surface area contributed by atoms with Crippen LogP contribution in [-0.4, -0.2) is 80.1 Å². The van der Waals surface area contributed by atoms with Gasteiger partial charge in [0.15, 0.2) is 0 Å². The summed E-state index contributed by atoms with van der Waals surface area (Å²) in [4.78, 5) is 49.3. The van der Waals surface area contributed by atoms with E-state index in [9.17, 15) is 14.4 Å². The number of carbonyl (C=O) groups is 3. The van der Waals surface area contributed by atoms with Gasteiger partial charge in [0.1, 0.15) is 5.75 Å². The largest absolute Gasteiger partial charge is 0.496 e. The zero-order chi connectivity index (χ0) is 34.2. The summed E-state index contributed by atoms with van der Waals surface area (Å²) >= 11 is 13.5. The lowest BCUT2D eigenvalue weighted by molar-refractivity contribution is -0.137. The van der Waals surface area contributed by atoms with Crippen LogP contribution < -0.4 is 10.1 Å². The average Bonchev–Trinajstić information content (AvgIpc) is 3.10. The molecule has 3 aromatic rings. The number of allylic oxidation sites excluding steroid dienone is 1. The number of benzene rings is 2. The summed E-state index contributed by atoms with van der Waals surface area (Å²) in [5, 5.41) is 3.80. The molecule has 1 unspecified atom stereocenters. The summed E-state index contributed by atoms with van der Waals surface area (Å²) in [7, 11) is 4.12. The average molecular weight is 694 g/mol. The van der Waals surface area contributed by atoms with Gasteiger partial charge >= 0.3 is 11.9 Å². The lowest BCUT2D eigenvalue weighted by Crippen LogP contribution is -2.48. The van der Waals surface area contributed by atoms with Gasteiger partial charge in [-0.2, -0.15) is 0 Å². The Balaban J connectivity index is 1.51. The summed E-state index contributed by atoms with van der Waals surface area (Å²) in [5.74, 6) is -1.94. The maximum Gasteiger partial charge on any atom is 0.336 e. The molecule has 2 aliphatic rings. The van der Waals surface area contributed by atoms with E-state index in [4.69, 9.17) is 37.4 Å². The van der Waals surface area contributed by atoms with Crippen molar-refractivity contribution in [3.63, 3.8) is 0 Å². The number of amides is 1. The number of nitrogens with zero attached hydrogens (tertiary/aromatic N) is 3. The Labute approximate surface area is 290 Å². The highest BCUT2D eigenvalue weighted by Crippen LogP contribution is 2.46. The first-order chi connectivity index (χ1) is 23.2. The SMILES string of the molecule is COC(=O)C1=C(CCc2ccccc2OC)NC(CC(=O)N2CCN(Cc3ccncc3)CC2)=C(C(=O)OC)C1c1c(Cl)cccc1Cl. The van der Waals surface area contributed by atoms with Crippen molar-refractivity contribution in [1.82, 2.24) is 20.1 Å². The second-order valence-electron chi connectivity index (χ2n) is 11.5. The van der Waals surface area contributed by atoms with Crippen LogP contribution in [0.25, 0.3) is 0 Å². The summed E-state index contributed by atoms with van der Waals surface area (Å²) in [6.45, 7) is 3.20. The van der Waals surface area contributed by atoms with Crippen LogP contribution in [0.1, 0.15) is 35.4 Å². The van der Waals surface area contributed by atoms with Gasteiger partial charge in [-0.25, -0.2) is 9.59 Å². The molecule has 1 N–H and O–H groups in total. The van der Waals surface area contributed by atoms with Crippen LogP contribution in [0.3, 0.4) is 0 Å². The molecule has 1 amide bonds. The van der Waals surface area contributed by atoms with Gasteiger partial charge in [-0.3, -0.25) is 14.7 Å². The van der Waals surface area contributed by atoms with Crippen LogP contribution in [0, 0.1) is 0 Å². The zero-order valence-electron chi connectivity index (χ0n) is 27.1. The van der Waals surface area contributed by atoms with E-state index in [1.807, 2.05) is 36.4 Å². The lowest BCUT2D eigenvalue weighted by atomic mass is 9.78. The minimum atomic E-state index is -1.07. The first-order valence-corrected chi connectivity index (χ1v) is 16.4. The molecule has 0 aliphatic carbocycles. The van der Waals surface area contributed by atoms with E-state index in [0.29, 0.717) is 61.7 Å². The summed E-state index contributed by atoms with van der Waals surface area (Å²) < 4.78 is 16.1. The van der Waals surface area contributed by atoms with E-state index >= 15 is 0 Å². The van der Waals surface area contributed by atoms with Gasteiger partial charge in [-0.15, -0.1) is 0 Å². The Hall–Kier alpha value is -4.38. The maximum atomic E-state index is 13.9. The van der Waals surface area contributed by atoms with E-state index in [-0.39, 0.29) is 33.5 Å². The molecular formula is C36H38Cl2N4O6. The molecular weight excluding hydrogens is 655 g/mol. The molecule has 1 atom stereocenters. The third kappa shape index (κ3) is 7.84. The fourth-order valence-corrected chi connectivity index (χ4v) is 6.87. The van der Waals surface area contributed by atoms with E-state index in [1.165, 1.54) is 14.2 Å². The minimum Gasteiger partial charge on any atom is -0.496 e. The molecule has 10 nitrogen and oxygen atoms in total. The number of esters is 2. The number of aromatic nitrogens is 1. The quantitative estimate of drug-likeness (QED) is 0.268. The van der Waals surface area contributed by atoms with Crippen LogP contribution in [0.2, 0.25) is 10.0 Å². The number of halogens is 2. The molecule has 2 aliphatic heterocycles. The van der Waals surface area contributed by atoms with Gasteiger partial charge in [0.2, 0.25) is 5.91 Å². The Morgan fingerprint density at radius 1 is 0.812 bits per heavy atom. The molecule has 0 bridgehead atoms. The highest BCUT2D eigenvalue weighted by atomic mass is 35.5. The topological polar surface area (TPSA) is 110 Å². The minimum absolute atomic E-state index is 0.0682. The molecule has 1 saturated heterocycles. The van der Waals surface area contributed by atoms with Gasteiger partial charge in [-0.1, -0.05) is 47.5 Å². The Bertz CT molecular complexity index is 1700. The first kappa shape index (κ1) is 34.9. The van der Waals surface area contributed by atoms with E-state index in [0.717, 1.165) is 17.7 Å². The predicted molar refractivity (Wildman–Crippen MR) is 182 cm³/mol. The molecule has 1 fully saturated rings. The van der Waals surface area contributed by atoms with Crippen molar-refractivity contribution in [3.8, 4) is 5.75 Å². The molecule has 1 aromatic heterocycles. The molecule has 252 valence electrons. The van der Waals surface area contributed by atoms with Gasteiger partial charge in [0.25, 0.3) is 0 Å². The van der Waals surface area contributed by atoms with Gasteiger partial charge in [0.05, 0.1) is 44.8 Å². The van der Waals surface area contributed by atoms with E-state index in [2.05, 4.69) is 15.2 Å². The Morgan fingerprint density at radius 2 is 1.44 bits per heavy atom. The zero-order valence-corrected chi connectivity index (χ0v) is 28.6. The third-order valence-electron chi connectivity index (χ3n) is 8.67. The molecule has 0 spiro atoms. The van der Waals surface area contributed by atoms with Crippen LogP contribution >= 0.6 is 23.2 Å². The fraction of sp³-hybridized carbons (Fsp3) is 0.333. The van der Waals surface area contributed by atoms with Crippen LogP contribution in [0.15, 0.2) is 89.5 Å². The highest BCUT2D eigenvalue weighted by Gasteiger charge is 2.42. The first-order valence-electron chi connectivity index (χ1n) is 15.6. The number of rotatable bonds is 11. The van der Waals surface area contributed by atoms with E-state index < -0.39 is 17.9 Å². The van der Waals surface area contributed by atoms with Gasteiger partial charge < -0.3 is 24.4 Å². The van der Waals surface area contributed by atoms with Gasteiger partial charge in [-0.05, 0) is 54.3 Å². The number of methoxy groups -OCH3 is 3. The number of hydrogen-bond donors (Lipinski definition) is 1. The predicted octanol–water partition coefficient (Wildman–Crippen LogP) is 5.31. The Morgan fingerprint density at radius 3 is 2.06 bits per heavy atom. The number of nitrogens with one attached hydrogen (secondary N) is 1. The third-order valence-corrected chi connectivity index (χ3v) is 9.33. The summed E-state index contributed by atoms with van der Waals surface area (Å²) in [5.41, 5.74) is 3.43. The number of ether oxygens (including phenoxy) is 3. The monoisotopic (exact) mass is 692 g/mol. The molecule has 2 aromatic carbocycles. The van der Waals surface area contributed by atoms with Crippen molar-refractivity contribution >= 4 is 41.0 Å². The molecule has 0 radical (unpaired) electrons. The van der Waals surface area contributed by atoms with Crippen molar-refractivity contribution in [3.05, 3.63) is 116 Å². The maximum absolute atomic E-state index is 13.9. The van der Waals surface area contributed by atoms with Gasteiger partial charge in [0, 0.05) is 72.1 Å². The normalized spacial score (nSPS) is 16.8. The van der Waals surface area contributed by atoms with Crippen molar-refractivity contribution in [2.24, 2.45) is 0 Å². The number of pyridine rings is 1. The number of hydrogen-bond acceptors (Lipinski definition) is 9. The molecule has 12 heteroatoms. The highest BCUT2D eigenvalue weighted by molar-refractivity contribution is 6.36. The molecule has 0 saturated carbocycles. The molecule has 48 heavy (non-hydrogen) atoms. The number of para-hydroxylation sites is 1. The van der Waals surface area contributed by atoms with Crippen LogP contribution in [0.5, 0.6) is 5.75 Å². The number of piperazine rings is 1. The second kappa shape index (κ2) is 16.1. The second-order valence-corrected chi connectivity index (χ2v) is 12.3. The van der Waals surface area contributed by atoms with E-state index in [1.54, 1.807) is 42.6 Å². The van der Waals surface area contributed by atoms with Crippen LogP contribution in [-0.2, 0) is 36.8 Å². The fourth-order valence-electron chi connectivity index (χ4n) is 6.26.